The van der Waals surface area contributed by atoms with Gasteiger partial charge in [0.1, 0.15) is 0 Å². The molecule has 1 aliphatic rings. The normalized spacial score (nSPS) is 18.7. The van der Waals surface area contributed by atoms with Crippen LogP contribution in [-0.2, 0) is 4.79 Å². The van der Waals surface area contributed by atoms with Crippen LogP contribution < -0.4 is 10.6 Å². The lowest BCUT2D eigenvalue weighted by atomic mass is 10.1. The molecule has 1 aromatic carbocycles. The van der Waals surface area contributed by atoms with Gasteiger partial charge < -0.3 is 5.32 Å². The van der Waals surface area contributed by atoms with E-state index in [1.807, 2.05) is 13.1 Å². The second-order valence-corrected chi connectivity index (χ2v) is 6.16. The first kappa shape index (κ1) is 16.1. The number of carbonyl (C=O) groups is 2. The number of rotatable bonds is 5. The smallest absolute Gasteiger partial charge is 0.259 e. The van der Waals surface area contributed by atoms with E-state index in [1.54, 1.807) is 18.2 Å². The Labute approximate surface area is 133 Å². The van der Waals surface area contributed by atoms with Gasteiger partial charge in [-0.25, -0.2) is 0 Å². The number of nitrogens with zero attached hydrogens (tertiary/aromatic N) is 1. The SMILES string of the molecule is CNCC1CCN(CC(=O)NC(=O)c2ccccc2Br)C1. The van der Waals surface area contributed by atoms with E-state index in [1.165, 1.54) is 0 Å². The van der Waals surface area contributed by atoms with Crippen LogP contribution in [0, 0.1) is 5.92 Å². The Hall–Kier alpha value is -1.24. The van der Waals surface area contributed by atoms with Gasteiger partial charge in [-0.1, -0.05) is 12.1 Å². The van der Waals surface area contributed by atoms with Crippen LogP contribution in [-0.4, -0.2) is 49.9 Å². The van der Waals surface area contributed by atoms with Crippen molar-refractivity contribution in [2.75, 3.05) is 33.2 Å². The molecule has 1 aromatic rings. The highest BCUT2D eigenvalue weighted by Crippen LogP contribution is 2.16. The molecule has 2 amide bonds. The van der Waals surface area contributed by atoms with E-state index in [9.17, 15) is 9.59 Å². The van der Waals surface area contributed by atoms with Gasteiger partial charge in [-0.05, 0) is 60.5 Å². The van der Waals surface area contributed by atoms with Crippen molar-refractivity contribution in [2.45, 2.75) is 6.42 Å². The van der Waals surface area contributed by atoms with E-state index in [-0.39, 0.29) is 18.4 Å². The van der Waals surface area contributed by atoms with Gasteiger partial charge >= 0.3 is 0 Å². The molecule has 1 atom stereocenters. The highest BCUT2D eigenvalue weighted by molar-refractivity contribution is 9.10. The maximum Gasteiger partial charge on any atom is 0.259 e. The molecule has 0 saturated carbocycles. The van der Waals surface area contributed by atoms with Gasteiger partial charge in [0.05, 0.1) is 12.1 Å². The number of amides is 2. The topological polar surface area (TPSA) is 61.4 Å². The van der Waals surface area contributed by atoms with Crippen molar-refractivity contribution >= 4 is 27.7 Å². The summed E-state index contributed by atoms with van der Waals surface area (Å²) >= 11 is 3.31. The van der Waals surface area contributed by atoms with Gasteiger partial charge in [-0.2, -0.15) is 0 Å². The first-order valence-electron chi connectivity index (χ1n) is 7.06. The molecular formula is C15H20BrN3O2. The van der Waals surface area contributed by atoms with E-state index in [4.69, 9.17) is 0 Å². The lowest BCUT2D eigenvalue weighted by Gasteiger charge is -2.15. The zero-order valence-corrected chi connectivity index (χ0v) is 13.6. The zero-order chi connectivity index (χ0) is 15.2. The van der Waals surface area contributed by atoms with Crippen molar-refractivity contribution < 1.29 is 9.59 Å². The average Bonchev–Trinajstić information content (AvgIpc) is 2.86. The Morgan fingerprint density at radius 1 is 1.38 bits per heavy atom. The van der Waals surface area contributed by atoms with Crippen LogP contribution in [0.1, 0.15) is 16.8 Å². The van der Waals surface area contributed by atoms with E-state index < -0.39 is 0 Å². The first-order chi connectivity index (χ1) is 10.1. The van der Waals surface area contributed by atoms with E-state index in [0.717, 1.165) is 26.1 Å². The fourth-order valence-corrected chi connectivity index (χ4v) is 3.06. The summed E-state index contributed by atoms with van der Waals surface area (Å²) in [7, 11) is 1.94. The second kappa shape index (κ2) is 7.68. The fraction of sp³-hybridized carbons (Fsp3) is 0.467. The van der Waals surface area contributed by atoms with Gasteiger partial charge in [0.15, 0.2) is 0 Å². The number of imide groups is 1. The molecule has 5 nitrogen and oxygen atoms in total. The summed E-state index contributed by atoms with van der Waals surface area (Å²) in [6.07, 6.45) is 1.09. The molecule has 1 aliphatic heterocycles. The molecule has 1 unspecified atom stereocenters. The number of likely N-dealkylation sites (tertiary alicyclic amines) is 1. The molecule has 0 spiro atoms. The van der Waals surface area contributed by atoms with Crippen LogP contribution in [0.2, 0.25) is 0 Å². The second-order valence-electron chi connectivity index (χ2n) is 5.30. The molecule has 1 heterocycles. The molecule has 0 radical (unpaired) electrons. The number of carbonyl (C=O) groups excluding carboxylic acids is 2. The van der Waals surface area contributed by atoms with Crippen molar-refractivity contribution in [2.24, 2.45) is 5.92 Å². The predicted molar refractivity (Wildman–Crippen MR) is 85.1 cm³/mol. The molecule has 114 valence electrons. The number of hydrogen-bond donors (Lipinski definition) is 2. The Morgan fingerprint density at radius 3 is 2.86 bits per heavy atom. The van der Waals surface area contributed by atoms with Gasteiger partial charge in [-0.15, -0.1) is 0 Å². The monoisotopic (exact) mass is 353 g/mol. The van der Waals surface area contributed by atoms with Crippen LogP contribution in [0.4, 0.5) is 0 Å². The number of halogens is 1. The molecule has 6 heteroatoms. The summed E-state index contributed by atoms with van der Waals surface area (Å²) in [5, 5.41) is 5.60. The van der Waals surface area contributed by atoms with Crippen molar-refractivity contribution in [3.63, 3.8) is 0 Å². The number of hydrogen-bond acceptors (Lipinski definition) is 4. The number of nitrogens with one attached hydrogen (secondary N) is 2. The molecule has 2 rings (SSSR count). The van der Waals surface area contributed by atoms with Gasteiger partial charge in [0, 0.05) is 11.0 Å². The molecule has 1 saturated heterocycles. The highest BCUT2D eigenvalue weighted by atomic mass is 79.9. The molecule has 21 heavy (non-hydrogen) atoms. The van der Waals surface area contributed by atoms with Crippen LogP contribution >= 0.6 is 15.9 Å². The third-order valence-electron chi connectivity index (χ3n) is 3.60. The lowest BCUT2D eigenvalue weighted by Crippen LogP contribution is -2.39. The van der Waals surface area contributed by atoms with Crippen molar-refractivity contribution in [3.05, 3.63) is 34.3 Å². The first-order valence-corrected chi connectivity index (χ1v) is 7.85. The van der Waals surface area contributed by atoms with Crippen molar-refractivity contribution in [3.8, 4) is 0 Å². The maximum absolute atomic E-state index is 12.0. The summed E-state index contributed by atoms with van der Waals surface area (Å²) < 4.78 is 0.686. The van der Waals surface area contributed by atoms with Gasteiger partial charge in [-0.3, -0.25) is 19.8 Å². The Morgan fingerprint density at radius 2 is 2.14 bits per heavy atom. The highest BCUT2D eigenvalue weighted by Gasteiger charge is 2.24. The van der Waals surface area contributed by atoms with E-state index in [0.29, 0.717) is 16.0 Å². The third-order valence-corrected chi connectivity index (χ3v) is 4.29. The Bertz CT molecular complexity index is 521. The largest absolute Gasteiger partial charge is 0.319 e. The minimum atomic E-state index is -0.363. The quantitative estimate of drug-likeness (QED) is 0.836. The van der Waals surface area contributed by atoms with Crippen molar-refractivity contribution in [1.82, 2.24) is 15.5 Å². The molecule has 0 aliphatic carbocycles. The van der Waals surface area contributed by atoms with Crippen molar-refractivity contribution in [1.29, 1.82) is 0 Å². The minimum absolute atomic E-state index is 0.249. The summed E-state index contributed by atoms with van der Waals surface area (Å²) in [5.74, 6) is -0.0268. The molecule has 2 N–H and O–H groups in total. The van der Waals surface area contributed by atoms with E-state index in [2.05, 4.69) is 31.5 Å². The van der Waals surface area contributed by atoms with Crippen LogP contribution in [0.5, 0.6) is 0 Å². The molecule has 0 bridgehead atoms. The fourth-order valence-electron chi connectivity index (χ4n) is 2.59. The minimum Gasteiger partial charge on any atom is -0.319 e. The molecule has 1 fully saturated rings. The molecular weight excluding hydrogens is 334 g/mol. The van der Waals surface area contributed by atoms with Crippen LogP contribution in [0.3, 0.4) is 0 Å². The number of benzene rings is 1. The standard InChI is InChI=1S/C15H20BrN3O2/c1-17-8-11-6-7-19(9-11)10-14(20)18-15(21)12-4-2-3-5-13(12)16/h2-5,11,17H,6-10H2,1H3,(H,18,20,21). The Kier molecular flexibility index (Phi) is 5.90. The van der Waals surface area contributed by atoms with Gasteiger partial charge in [0.2, 0.25) is 5.91 Å². The predicted octanol–water partition coefficient (Wildman–Crippen LogP) is 1.25. The third kappa shape index (κ3) is 4.62. The summed E-state index contributed by atoms with van der Waals surface area (Å²) in [5.41, 5.74) is 0.473. The zero-order valence-electron chi connectivity index (χ0n) is 12.1. The summed E-state index contributed by atoms with van der Waals surface area (Å²) in [6, 6.07) is 7.06. The average molecular weight is 354 g/mol. The van der Waals surface area contributed by atoms with Crippen LogP contribution in [0.25, 0.3) is 0 Å². The van der Waals surface area contributed by atoms with E-state index >= 15 is 0 Å². The molecule has 0 aromatic heterocycles. The lowest BCUT2D eigenvalue weighted by molar-refractivity contribution is -0.121. The Balaban J connectivity index is 1.83. The van der Waals surface area contributed by atoms with Crippen LogP contribution in [0.15, 0.2) is 28.7 Å². The van der Waals surface area contributed by atoms with Gasteiger partial charge in [0.25, 0.3) is 5.91 Å². The summed E-state index contributed by atoms with van der Waals surface area (Å²) in [4.78, 5) is 26.1. The summed E-state index contributed by atoms with van der Waals surface area (Å²) in [6.45, 7) is 3.05. The maximum atomic E-state index is 12.0.